The summed E-state index contributed by atoms with van der Waals surface area (Å²) in [5, 5.41) is -0.158. The molecule has 0 aliphatic rings. The zero-order valence-corrected chi connectivity index (χ0v) is 19.3. The topological polar surface area (TPSA) is 71.3 Å². The van der Waals surface area contributed by atoms with Crippen molar-refractivity contribution in [3.05, 3.63) is 51.9 Å². The Kier molecular flexibility index (Phi) is 6.97. The molecule has 0 aliphatic heterocycles. The van der Waals surface area contributed by atoms with Gasteiger partial charge in [-0.1, -0.05) is 25.4 Å². The van der Waals surface area contributed by atoms with Gasteiger partial charge in [0.1, 0.15) is 6.61 Å². The van der Waals surface area contributed by atoms with Crippen molar-refractivity contribution in [2.75, 3.05) is 21.3 Å². The van der Waals surface area contributed by atoms with Crippen molar-refractivity contribution in [2.24, 2.45) is 0 Å². The molecule has 0 spiro atoms. The first-order chi connectivity index (χ1) is 15.5. The molecule has 2 aromatic heterocycles. The van der Waals surface area contributed by atoms with E-state index in [1.54, 1.807) is 0 Å². The van der Waals surface area contributed by atoms with Gasteiger partial charge in [-0.25, -0.2) is 9.78 Å². The molecule has 3 aromatic rings. The molecule has 0 N–H and O–H groups in total. The molecular weight excluding hydrogens is 465 g/mol. The van der Waals surface area contributed by atoms with Crippen LogP contribution in [0, 0.1) is 0 Å². The number of halogens is 4. The number of esters is 1. The van der Waals surface area contributed by atoms with Crippen molar-refractivity contribution in [3.8, 4) is 17.2 Å². The lowest BCUT2D eigenvalue weighted by molar-refractivity contribution is -0.137. The third-order valence-electron chi connectivity index (χ3n) is 4.92. The van der Waals surface area contributed by atoms with Crippen molar-refractivity contribution in [1.82, 2.24) is 9.38 Å². The van der Waals surface area contributed by atoms with Gasteiger partial charge in [-0.15, -0.1) is 0 Å². The Bertz CT molecular complexity index is 1170. The Labute approximate surface area is 193 Å². The van der Waals surface area contributed by atoms with Gasteiger partial charge in [-0.3, -0.25) is 4.40 Å². The normalized spacial score (nSPS) is 11.7. The Morgan fingerprint density at radius 1 is 1.09 bits per heavy atom. The summed E-state index contributed by atoms with van der Waals surface area (Å²) in [6.45, 7) is 3.32. The number of carbonyl (C=O) groups excluding carboxylic acids is 1. The number of nitrogens with zero attached hydrogens (tertiary/aromatic N) is 2. The second-order valence-corrected chi connectivity index (χ2v) is 7.76. The average molecular weight is 487 g/mol. The largest absolute Gasteiger partial charge is 0.493 e. The van der Waals surface area contributed by atoms with E-state index in [-0.39, 0.29) is 46.0 Å². The van der Waals surface area contributed by atoms with Gasteiger partial charge in [-0.05, 0) is 24.1 Å². The third-order valence-corrected chi connectivity index (χ3v) is 5.20. The van der Waals surface area contributed by atoms with Crippen molar-refractivity contribution >= 4 is 23.2 Å². The Balaban J connectivity index is 2.00. The Morgan fingerprint density at radius 2 is 1.70 bits per heavy atom. The average Bonchev–Trinajstić information content (AvgIpc) is 3.15. The first-order valence-corrected chi connectivity index (χ1v) is 10.1. The van der Waals surface area contributed by atoms with Crippen LogP contribution in [-0.2, 0) is 17.5 Å². The van der Waals surface area contributed by atoms with Gasteiger partial charge in [0.25, 0.3) is 0 Å². The zero-order valence-electron chi connectivity index (χ0n) is 18.5. The molecule has 2 heterocycles. The fraction of sp³-hybridized carbons (Fsp3) is 0.364. The highest BCUT2D eigenvalue weighted by atomic mass is 35.5. The van der Waals surface area contributed by atoms with E-state index in [9.17, 15) is 18.0 Å². The van der Waals surface area contributed by atoms with Gasteiger partial charge in [-0.2, -0.15) is 13.2 Å². The van der Waals surface area contributed by atoms with E-state index >= 15 is 0 Å². The number of methoxy groups -OCH3 is 3. The molecule has 0 aliphatic carbocycles. The molecule has 7 nitrogen and oxygen atoms in total. The number of carbonyl (C=O) groups is 1. The fourth-order valence-corrected chi connectivity index (χ4v) is 3.60. The van der Waals surface area contributed by atoms with E-state index in [1.807, 2.05) is 13.8 Å². The van der Waals surface area contributed by atoms with Gasteiger partial charge in [0, 0.05) is 6.20 Å². The smallest absolute Gasteiger partial charge is 0.417 e. The molecule has 0 saturated heterocycles. The van der Waals surface area contributed by atoms with Gasteiger partial charge in [0.2, 0.25) is 5.75 Å². The standard InChI is InChI=1S/C22H22ClF3N2O5/c1-11(2)18-15(28-9-13(22(24,25)26)8-14(23)20(28)27-18)10-33-21(29)12-6-16(30-3)19(32-5)17(7-12)31-4/h6-9,11H,10H2,1-5H3. The number of aromatic nitrogens is 2. The molecule has 1 aromatic carbocycles. The summed E-state index contributed by atoms with van der Waals surface area (Å²) >= 11 is 6.08. The number of imidazole rings is 1. The van der Waals surface area contributed by atoms with Crippen LogP contribution >= 0.6 is 11.6 Å². The molecule has 3 rings (SSSR count). The van der Waals surface area contributed by atoms with E-state index in [2.05, 4.69) is 4.98 Å². The van der Waals surface area contributed by atoms with Crippen LogP contribution in [0.25, 0.3) is 5.65 Å². The number of hydrogen-bond acceptors (Lipinski definition) is 6. The zero-order chi connectivity index (χ0) is 24.5. The van der Waals surface area contributed by atoms with E-state index in [4.69, 9.17) is 30.5 Å². The lowest BCUT2D eigenvalue weighted by Gasteiger charge is -2.14. The number of fused-ring (bicyclic) bond motifs is 1. The highest BCUT2D eigenvalue weighted by Crippen LogP contribution is 2.39. The summed E-state index contributed by atoms with van der Waals surface area (Å²) in [5.41, 5.74) is 0.0678. The summed E-state index contributed by atoms with van der Waals surface area (Å²) in [6, 6.07) is 3.65. The molecule has 0 saturated carbocycles. The summed E-state index contributed by atoms with van der Waals surface area (Å²) in [6.07, 6.45) is -3.72. The quantitative estimate of drug-likeness (QED) is 0.410. The fourth-order valence-electron chi connectivity index (χ4n) is 3.35. The summed E-state index contributed by atoms with van der Waals surface area (Å²) in [4.78, 5) is 17.2. The highest BCUT2D eigenvalue weighted by molar-refractivity contribution is 6.33. The second kappa shape index (κ2) is 9.38. The van der Waals surface area contributed by atoms with E-state index in [0.717, 1.165) is 12.3 Å². The Hall–Kier alpha value is -3.14. The van der Waals surface area contributed by atoms with Crippen molar-refractivity contribution in [1.29, 1.82) is 0 Å². The minimum absolute atomic E-state index is 0.110. The van der Waals surface area contributed by atoms with E-state index in [0.29, 0.717) is 11.4 Å². The van der Waals surface area contributed by atoms with Crippen LogP contribution in [-0.4, -0.2) is 36.7 Å². The lowest BCUT2D eigenvalue weighted by Crippen LogP contribution is -2.11. The van der Waals surface area contributed by atoms with Crippen molar-refractivity contribution in [2.45, 2.75) is 32.5 Å². The summed E-state index contributed by atoms with van der Waals surface area (Å²) < 4.78 is 62.3. The molecule has 0 amide bonds. The maximum atomic E-state index is 13.3. The molecule has 33 heavy (non-hydrogen) atoms. The maximum absolute atomic E-state index is 13.3. The minimum atomic E-state index is -4.61. The monoisotopic (exact) mass is 486 g/mol. The summed E-state index contributed by atoms with van der Waals surface area (Å²) in [5.74, 6) is -0.0944. The van der Waals surface area contributed by atoms with Gasteiger partial charge >= 0.3 is 12.1 Å². The van der Waals surface area contributed by atoms with Crippen LogP contribution in [0.3, 0.4) is 0 Å². The van der Waals surface area contributed by atoms with Gasteiger partial charge in [0.05, 0.1) is 48.9 Å². The first-order valence-electron chi connectivity index (χ1n) is 9.76. The number of ether oxygens (including phenoxy) is 4. The molecule has 0 fully saturated rings. The maximum Gasteiger partial charge on any atom is 0.417 e. The molecule has 0 bridgehead atoms. The Morgan fingerprint density at radius 3 is 2.18 bits per heavy atom. The van der Waals surface area contributed by atoms with Crippen LogP contribution in [0.4, 0.5) is 13.2 Å². The molecule has 178 valence electrons. The number of hydrogen-bond donors (Lipinski definition) is 0. The number of pyridine rings is 1. The number of rotatable bonds is 7. The molecule has 11 heteroatoms. The van der Waals surface area contributed by atoms with E-state index < -0.39 is 17.7 Å². The predicted octanol–water partition coefficient (Wildman–Crippen LogP) is 5.51. The van der Waals surface area contributed by atoms with Crippen LogP contribution in [0.5, 0.6) is 17.2 Å². The second-order valence-electron chi connectivity index (χ2n) is 7.36. The molecular formula is C22H22ClF3N2O5. The molecule has 0 radical (unpaired) electrons. The van der Waals surface area contributed by atoms with E-state index in [1.165, 1.54) is 37.9 Å². The van der Waals surface area contributed by atoms with Crippen molar-refractivity contribution in [3.63, 3.8) is 0 Å². The third kappa shape index (κ3) is 4.80. The lowest BCUT2D eigenvalue weighted by atomic mass is 10.1. The van der Waals surface area contributed by atoms with Crippen LogP contribution in [0.2, 0.25) is 5.02 Å². The number of alkyl halides is 3. The van der Waals surface area contributed by atoms with Crippen LogP contribution < -0.4 is 14.2 Å². The molecule has 0 atom stereocenters. The minimum Gasteiger partial charge on any atom is -0.493 e. The number of benzene rings is 1. The van der Waals surface area contributed by atoms with Gasteiger partial charge in [0.15, 0.2) is 17.1 Å². The first kappa shape index (κ1) is 24.5. The highest BCUT2D eigenvalue weighted by Gasteiger charge is 2.33. The predicted molar refractivity (Wildman–Crippen MR) is 115 cm³/mol. The van der Waals surface area contributed by atoms with Gasteiger partial charge < -0.3 is 18.9 Å². The SMILES string of the molecule is COc1cc(C(=O)OCc2c(C(C)C)nc3c(Cl)cc(C(F)(F)F)cn23)cc(OC)c1OC. The molecule has 0 unspecified atom stereocenters. The van der Waals surface area contributed by atoms with Crippen LogP contribution in [0.1, 0.15) is 47.1 Å². The van der Waals surface area contributed by atoms with Crippen LogP contribution in [0.15, 0.2) is 24.4 Å². The summed E-state index contributed by atoms with van der Waals surface area (Å²) in [7, 11) is 4.24. The van der Waals surface area contributed by atoms with Crippen molar-refractivity contribution < 1.29 is 36.9 Å².